The van der Waals surface area contributed by atoms with Gasteiger partial charge in [-0.2, -0.15) is 0 Å². The van der Waals surface area contributed by atoms with Crippen LogP contribution in [-0.2, 0) is 11.4 Å². The maximum absolute atomic E-state index is 12.3. The minimum Gasteiger partial charge on any atom is -0.493 e. The van der Waals surface area contributed by atoms with Gasteiger partial charge in [-0.1, -0.05) is 48.0 Å². The number of benzene rings is 3. The first-order valence-electron chi connectivity index (χ1n) is 9.33. The molecule has 0 radical (unpaired) electrons. The Morgan fingerprint density at radius 2 is 1.71 bits per heavy atom. The predicted molar refractivity (Wildman–Crippen MR) is 118 cm³/mol. The van der Waals surface area contributed by atoms with Gasteiger partial charge in [0.25, 0.3) is 5.91 Å². The normalized spacial score (nSPS) is 11.0. The number of halogens is 1. The van der Waals surface area contributed by atoms with E-state index in [0.717, 1.165) is 5.56 Å². The molecule has 0 aliphatic rings. The maximum atomic E-state index is 12.3. The number of carbonyl (C=O) groups is 2. The number of amides is 1. The number of hydrogen-bond acceptors (Lipinski definition) is 4. The van der Waals surface area contributed by atoms with Crippen LogP contribution in [0.2, 0.25) is 5.02 Å². The molecule has 7 heteroatoms. The summed E-state index contributed by atoms with van der Waals surface area (Å²) >= 11 is 5.89. The summed E-state index contributed by atoms with van der Waals surface area (Å²) in [5.74, 6) is -0.836. The van der Waals surface area contributed by atoms with Crippen LogP contribution in [0.4, 0.5) is 0 Å². The van der Waals surface area contributed by atoms with Crippen LogP contribution >= 0.6 is 11.6 Å². The van der Waals surface area contributed by atoms with E-state index < -0.39 is 11.9 Å². The molecule has 2 N–H and O–H groups in total. The molecule has 0 saturated carbocycles. The molecule has 31 heavy (non-hydrogen) atoms. The van der Waals surface area contributed by atoms with E-state index in [-0.39, 0.29) is 5.70 Å². The number of carbonyl (C=O) groups excluding carboxylic acids is 1. The molecule has 0 spiro atoms. The van der Waals surface area contributed by atoms with Crippen molar-refractivity contribution in [1.82, 2.24) is 5.32 Å². The van der Waals surface area contributed by atoms with Crippen LogP contribution < -0.4 is 14.8 Å². The minimum absolute atomic E-state index is 0.259. The van der Waals surface area contributed by atoms with E-state index in [1.165, 1.54) is 13.2 Å². The molecule has 3 aromatic rings. The second-order valence-electron chi connectivity index (χ2n) is 6.51. The summed E-state index contributed by atoms with van der Waals surface area (Å²) in [5, 5.41) is 12.6. The van der Waals surface area contributed by atoms with Crippen molar-refractivity contribution >= 4 is 29.6 Å². The zero-order valence-corrected chi connectivity index (χ0v) is 17.4. The standard InChI is InChI=1S/C24H20ClNO5/c1-30-22-14-17(9-12-21(22)31-15-16-7-10-19(25)11-8-16)13-20(24(28)29)26-23(27)18-5-3-2-4-6-18/h2-14H,15H2,1H3,(H,26,27)(H,28,29). The van der Waals surface area contributed by atoms with E-state index in [1.54, 1.807) is 60.7 Å². The van der Waals surface area contributed by atoms with E-state index >= 15 is 0 Å². The lowest BCUT2D eigenvalue weighted by molar-refractivity contribution is -0.132. The predicted octanol–water partition coefficient (Wildman–Crippen LogP) is 4.78. The van der Waals surface area contributed by atoms with E-state index in [1.807, 2.05) is 12.1 Å². The van der Waals surface area contributed by atoms with Gasteiger partial charge in [0, 0.05) is 10.6 Å². The third kappa shape index (κ3) is 6.10. The maximum Gasteiger partial charge on any atom is 0.352 e. The van der Waals surface area contributed by atoms with Gasteiger partial charge in [-0.15, -0.1) is 0 Å². The number of hydrogen-bond donors (Lipinski definition) is 2. The number of carboxylic acids is 1. The molecule has 0 unspecified atom stereocenters. The van der Waals surface area contributed by atoms with Gasteiger partial charge in [0.1, 0.15) is 12.3 Å². The fourth-order valence-electron chi connectivity index (χ4n) is 2.74. The molecule has 6 nitrogen and oxygen atoms in total. The lowest BCUT2D eigenvalue weighted by Gasteiger charge is -2.12. The van der Waals surface area contributed by atoms with E-state index in [9.17, 15) is 14.7 Å². The SMILES string of the molecule is COc1cc(C=C(NC(=O)c2ccccc2)C(=O)O)ccc1OCc1ccc(Cl)cc1. The molecule has 0 aromatic heterocycles. The molecule has 0 bridgehead atoms. The first-order chi connectivity index (χ1) is 15.0. The molecular weight excluding hydrogens is 418 g/mol. The zero-order chi connectivity index (χ0) is 22.2. The average Bonchev–Trinajstić information content (AvgIpc) is 2.79. The Bertz CT molecular complexity index is 1090. The molecule has 0 aliphatic heterocycles. The fourth-order valence-corrected chi connectivity index (χ4v) is 2.86. The fraction of sp³-hybridized carbons (Fsp3) is 0.0833. The molecule has 0 atom stereocenters. The summed E-state index contributed by atoms with van der Waals surface area (Å²) in [6, 6.07) is 20.7. The Morgan fingerprint density at radius 3 is 2.35 bits per heavy atom. The molecule has 3 rings (SSSR count). The lowest BCUT2D eigenvalue weighted by Crippen LogP contribution is -2.27. The molecule has 1 amide bonds. The van der Waals surface area contributed by atoms with Crippen molar-refractivity contribution < 1.29 is 24.2 Å². The lowest BCUT2D eigenvalue weighted by atomic mass is 10.1. The molecular formula is C24H20ClNO5. The Kier molecular flexibility index (Phi) is 7.30. The molecule has 0 fully saturated rings. The van der Waals surface area contributed by atoms with E-state index in [0.29, 0.717) is 34.3 Å². The molecule has 0 heterocycles. The highest BCUT2D eigenvalue weighted by molar-refractivity contribution is 6.30. The summed E-state index contributed by atoms with van der Waals surface area (Å²) in [5.41, 5.74) is 1.57. The van der Waals surface area contributed by atoms with E-state index in [4.69, 9.17) is 21.1 Å². The molecule has 158 valence electrons. The highest BCUT2D eigenvalue weighted by Gasteiger charge is 2.14. The first kappa shape index (κ1) is 21.9. The van der Waals surface area contributed by atoms with Crippen molar-refractivity contribution in [2.75, 3.05) is 7.11 Å². The number of methoxy groups -OCH3 is 1. The van der Waals surface area contributed by atoms with Crippen LogP contribution in [0.25, 0.3) is 6.08 Å². The summed E-state index contributed by atoms with van der Waals surface area (Å²) < 4.78 is 11.2. The van der Waals surface area contributed by atoms with Gasteiger partial charge < -0.3 is 19.9 Å². The number of aliphatic carboxylic acids is 1. The van der Waals surface area contributed by atoms with Gasteiger partial charge in [0.2, 0.25) is 0 Å². The molecule has 0 saturated heterocycles. The Hall–Kier alpha value is -3.77. The number of ether oxygens (including phenoxy) is 2. The third-order valence-corrected chi connectivity index (χ3v) is 4.57. The van der Waals surface area contributed by atoms with Crippen molar-refractivity contribution in [3.63, 3.8) is 0 Å². The van der Waals surface area contributed by atoms with Crippen LogP contribution in [0.15, 0.2) is 78.5 Å². The van der Waals surface area contributed by atoms with Gasteiger partial charge in [-0.25, -0.2) is 4.79 Å². The van der Waals surface area contributed by atoms with Crippen LogP contribution in [0, 0.1) is 0 Å². The topological polar surface area (TPSA) is 84.9 Å². The largest absolute Gasteiger partial charge is 0.493 e. The summed E-state index contributed by atoms with van der Waals surface area (Å²) in [4.78, 5) is 23.9. The smallest absolute Gasteiger partial charge is 0.352 e. The summed E-state index contributed by atoms with van der Waals surface area (Å²) in [6.45, 7) is 0.316. The van der Waals surface area contributed by atoms with Gasteiger partial charge in [-0.3, -0.25) is 4.79 Å². The highest BCUT2D eigenvalue weighted by atomic mass is 35.5. The monoisotopic (exact) mass is 437 g/mol. The highest BCUT2D eigenvalue weighted by Crippen LogP contribution is 2.29. The Balaban J connectivity index is 1.77. The van der Waals surface area contributed by atoms with Crippen LogP contribution in [0.5, 0.6) is 11.5 Å². The van der Waals surface area contributed by atoms with E-state index in [2.05, 4.69) is 5.32 Å². The van der Waals surface area contributed by atoms with Crippen molar-refractivity contribution in [2.45, 2.75) is 6.61 Å². The molecule has 0 aliphatic carbocycles. The number of rotatable bonds is 8. The summed E-state index contributed by atoms with van der Waals surface area (Å²) in [6.07, 6.45) is 1.36. The summed E-state index contributed by atoms with van der Waals surface area (Å²) in [7, 11) is 1.49. The Morgan fingerprint density at radius 1 is 1.00 bits per heavy atom. The Labute approximate surface area is 184 Å². The molecule has 3 aromatic carbocycles. The second kappa shape index (κ2) is 10.3. The van der Waals surface area contributed by atoms with Crippen molar-refractivity contribution in [3.8, 4) is 11.5 Å². The number of carboxylic acid groups (broad SMARTS) is 1. The van der Waals surface area contributed by atoms with Gasteiger partial charge in [0.05, 0.1) is 7.11 Å². The van der Waals surface area contributed by atoms with Crippen molar-refractivity contribution in [1.29, 1.82) is 0 Å². The van der Waals surface area contributed by atoms with Crippen LogP contribution in [0.1, 0.15) is 21.5 Å². The second-order valence-corrected chi connectivity index (χ2v) is 6.95. The zero-order valence-electron chi connectivity index (χ0n) is 16.7. The third-order valence-electron chi connectivity index (χ3n) is 4.32. The van der Waals surface area contributed by atoms with Gasteiger partial charge in [-0.05, 0) is 53.6 Å². The van der Waals surface area contributed by atoms with Crippen LogP contribution in [0.3, 0.4) is 0 Å². The average molecular weight is 438 g/mol. The quantitative estimate of drug-likeness (QED) is 0.495. The minimum atomic E-state index is -1.26. The van der Waals surface area contributed by atoms with Gasteiger partial charge >= 0.3 is 5.97 Å². The van der Waals surface area contributed by atoms with Crippen LogP contribution in [-0.4, -0.2) is 24.1 Å². The van der Waals surface area contributed by atoms with Crippen molar-refractivity contribution in [2.24, 2.45) is 0 Å². The first-order valence-corrected chi connectivity index (χ1v) is 9.70. The van der Waals surface area contributed by atoms with Gasteiger partial charge in [0.15, 0.2) is 11.5 Å². The number of nitrogens with one attached hydrogen (secondary N) is 1. The van der Waals surface area contributed by atoms with Crippen molar-refractivity contribution in [3.05, 3.63) is 100 Å².